The summed E-state index contributed by atoms with van der Waals surface area (Å²) in [5.74, 6) is 0. The van der Waals surface area contributed by atoms with Gasteiger partial charge in [-0.2, -0.15) is 0 Å². The van der Waals surface area contributed by atoms with Gasteiger partial charge >= 0.3 is 0 Å². The zero-order chi connectivity index (χ0) is 36.3. The molecule has 0 aliphatic rings. The minimum absolute atomic E-state index is 0.857. The molecule has 9 aromatic carbocycles. The maximum Gasteiger partial charge on any atom is 0.159 e. The first-order chi connectivity index (χ1) is 27.3. The lowest BCUT2D eigenvalue weighted by Gasteiger charge is -2.27. The quantitative estimate of drug-likeness (QED) is 0.170. The van der Waals surface area contributed by atoms with Crippen LogP contribution in [-0.4, -0.2) is 0 Å². The van der Waals surface area contributed by atoms with Gasteiger partial charge in [0.2, 0.25) is 0 Å². The van der Waals surface area contributed by atoms with Crippen LogP contribution >= 0.6 is 11.3 Å². The highest BCUT2D eigenvalue weighted by atomic mass is 32.1. The molecule has 0 saturated heterocycles. The van der Waals surface area contributed by atoms with Crippen LogP contribution in [0.2, 0.25) is 0 Å². The smallest absolute Gasteiger partial charge is 0.159 e. The van der Waals surface area contributed by atoms with Gasteiger partial charge in [-0.1, -0.05) is 158 Å². The van der Waals surface area contributed by atoms with E-state index in [0.717, 1.165) is 50.1 Å². The molecule has 0 saturated carbocycles. The molecule has 0 N–H and O–H groups in total. The van der Waals surface area contributed by atoms with Gasteiger partial charge in [0.05, 0.1) is 11.4 Å². The Morgan fingerprint density at radius 2 is 0.927 bits per heavy atom. The van der Waals surface area contributed by atoms with Crippen molar-refractivity contribution in [2.24, 2.45) is 0 Å². The minimum atomic E-state index is 0.857. The van der Waals surface area contributed by atoms with E-state index in [0.29, 0.717) is 0 Å². The summed E-state index contributed by atoms with van der Waals surface area (Å²) in [5.41, 5.74) is 11.9. The highest BCUT2D eigenvalue weighted by Gasteiger charge is 2.23. The number of hydrogen-bond donors (Lipinski definition) is 0. The molecule has 0 radical (unpaired) electrons. The van der Waals surface area contributed by atoms with Gasteiger partial charge in [0, 0.05) is 47.6 Å². The summed E-state index contributed by atoms with van der Waals surface area (Å²) in [7, 11) is 0. The van der Waals surface area contributed by atoms with E-state index < -0.39 is 0 Å². The fourth-order valence-corrected chi connectivity index (χ4v) is 9.38. The first kappa shape index (κ1) is 31.6. The predicted octanol–water partition coefficient (Wildman–Crippen LogP) is 15.6. The van der Waals surface area contributed by atoms with Crippen LogP contribution in [0.15, 0.2) is 205 Å². The number of fused-ring (bicyclic) bond motifs is 7. The molecule has 0 aliphatic heterocycles. The fourth-order valence-electron chi connectivity index (χ4n) is 8.29. The number of nitrogens with zero attached hydrogens (tertiary/aromatic N) is 1. The Kier molecular flexibility index (Phi) is 7.39. The van der Waals surface area contributed by atoms with E-state index in [9.17, 15) is 0 Å². The molecule has 2 heterocycles. The zero-order valence-electron chi connectivity index (χ0n) is 29.8. The molecule has 11 aromatic rings. The summed E-state index contributed by atoms with van der Waals surface area (Å²) in [6.45, 7) is 0. The summed E-state index contributed by atoms with van der Waals surface area (Å²) in [4.78, 5) is 2.38. The van der Waals surface area contributed by atoms with Gasteiger partial charge < -0.3 is 9.32 Å². The first-order valence-corrected chi connectivity index (χ1v) is 19.5. The molecule has 0 unspecified atom stereocenters. The predicted molar refractivity (Wildman–Crippen MR) is 235 cm³/mol. The van der Waals surface area contributed by atoms with Crippen LogP contribution in [0.1, 0.15) is 0 Å². The highest BCUT2D eigenvalue weighted by Crippen LogP contribution is 2.47. The molecule has 0 fully saturated rings. The van der Waals surface area contributed by atoms with Crippen molar-refractivity contribution in [2.45, 2.75) is 0 Å². The largest absolute Gasteiger partial charge is 0.453 e. The lowest BCUT2D eigenvalue weighted by Crippen LogP contribution is -2.11. The van der Waals surface area contributed by atoms with Gasteiger partial charge in [0.25, 0.3) is 0 Å². The van der Waals surface area contributed by atoms with Crippen LogP contribution in [-0.2, 0) is 0 Å². The summed E-state index contributed by atoms with van der Waals surface area (Å²) in [6.07, 6.45) is 0. The van der Waals surface area contributed by atoms with Crippen molar-refractivity contribution < 1.29 is 4.42 Å². The molecule has 0 amide bonds. The second-order valence-electron chi connectivity index (χ2n) is 14.0. The van der Waals surface area contributed by atoms with E-state index >= 15 is 0 Å². The van der Waals surface area contributed by atoms with Crippen molar-refractivity contribution in [1.82, 2.24) is 0 Å². The molecular weight excluding hydrogens is 687 g/mol. The van der Waals surface area contributed by atoms with Crippen molar-refractivity contribution in [1.29, 1.82) is 0 Å². The topological polar surface area (TPSA) is 16.4 Å². The third kappa shape index (κ3) is 5.24. The Bertz CT molecular complexity index is 3190. The van der Waals surface area contributed by atoms with Crippen LogP contribution in [0.5, 0.6) is 0 Å². The van der Waals surface area contributed by atoms with E-state index in [1.165, 1.54) is 53.2 Å². The summed E-state index contributed by atoms with van der Waals surface area (Å²) >= 11 is 1.85. The Hall–Kier alpha value is -6.94. The normalized spacial score (nSPS) is 11.6. The minimum Gasteiger partial charge on any atom is -0.453 e. The molecule has 11 rings (SSSR count). The molecule has 3 heteroatoms. The fraction of sp³-hybridized carbons (Fsp3) is 0. The Balaban J connectivity index is 1.12. The third-order valence-electron chi connectivity index (χ3n) is 10.9. The van der Waals surface area contributed by atoms with E-state index in [-0.39, 0.29) is 0 Å². The van der Waals surface area contributed by atoms with Crippen molar-refractivity contribution in [3.8, 4) is 33.4 Å². The maximum absolute atomic E-state index is 7.02. The monoisotopic (exact) mass is 719 g/mol. The summed E-state index contributed by atoms with van der Waals surface area (Å²) in [5, 5.41) is 7.18. The van der Waals surface area contributed by atoms with Gasteiger partial charge in [-0.05, 0) is 75.7 Å². The van der Waals surface area contributed by atoms with Crippen molar-refractivity contribution in [3.05, 3.63) is 200 Å². The average molecular weight is 720 g/mol. The van der Waals surface area contributed by atoms with E-state index in [2.05, 4.69) is 205 Å². The van der Waals surface area contributed by atoms with Gasteiger partial charge in [-0.15, -0.1) is 11.3 Å². The lowest BCUT2D eigenvalue weighted by molar-refractivity contribution is 0.670. The summed E-state index contributed by atoms with van der Waals surface area (Å²) in [6, 6.07) is 72.0. The molecule has 258 valence electrons. The number of thiophene rings is 1. The number of benzene rings is 9. The van der Waals surface area contributed by atoms with Gasteiger partial charge in [-0.25, -0.2) is 0 Å². The number of rotatable bonds is 6. The SMILES string of the molecule is c1ccc(-c2ccc(N(c3ccc(-c4ccc5sc6ccccc6c5c4)cc3)c3cccc4c3oc3c(-c5ccccc5)cccc34)c3ccccc23)cc1. The van der Waals surface area contributed by atoms with Crippen LogP contribution in [0.25, 0.3) is 86.3 Å². The number of para-hydroxylation sites is 2. The molecule has 2 nitrogen and oxygen atoms in total. The Morgan fingerprint density at radius 1 is 0.327 bits per heavy atom. The van der Waals surface area contributed by atoms with E-state index in [4.69, 9.17) is 4.42 Å². The molecule has 0 atom stereocenters. The highest BCUT2D eigenvalue weighted by molar-refractivity contribution is 7.25. The molecule has 55 heavy (non-hydrogen) atoms. The van der Waals surface area contributed by atoms with Crippen molar-refractivity contribution in [2.75, 3.05) is 4.90 Å². The molecule has 2 aromatic heterocycles. The van der Waals surface area contributed by atoms with Gasteiger partial charge in [0.15, 0.2) is 5.58 Å². The average Bonchev–Trinajstić information content (AvgIpc) is 3.83. The van der Waals surface area contributed by atoms with Crippen LogP contribution in [0.4, 0.5) is 17.1 Å². The van der Waals surface area contributed by atoms with E-state index in [1.807, 2.05) is 11.3 Å². The number of hydrogen-bond acceptors (Lipinski definition) is 3. The van der Waals surface area contributed by atoms with Gasteiger partial charge in [-0.3, -0.25) is 0 Å². The molecule has 0 aliphatic carbocycles. The second-order valence-corrected chi connectivity index (χ2v) is 15.1. The molecule has 0 spiro atoms. The Morgan fingerprint density at radius 3 is 1.71 bits per heavy atom. The number of furan rings is 1. The second kappa shape index (κ2) is 12.9. The van der Waals surface area contributed by atoms with Crippen LogP contribution < -0.4 is 4.90 Å². The lowest BCUT2D eigenvalue weighted by atomic mass is 9.96. The zero-order valence-corrected chi connectivity index (χ0v) is 30.6. The van der Waals surface area contributed by atoms with Crippen molar-refractivity contribution in [3.63, 3.8) is 0 Å². The number of anilines is 3. The van der Waals surface area contributed by atoms with E-state index in [1.54, 1.807) is 0 Å². The van der Waals surface area contributed by atoms with Gasteiger partial charge in [0.1, 0.15) is 5.58 Å². The van der Waals surface area contributed by atoms with Crippen molar-refractivity contribution >= 4 is 81.3 Å². The third-order valence-corrected chi connectivity index (χ3v) is 12.0. The molecular formula is C52H33NOS. The van der Waals surface area contributed by atoms with Crippen LogP contribution in [0, 0.1) is 0 Å². The maximum atomic E-state index is 7.02. The van der Waals surface area contributed by atoms with Crippen LogP contribution in [0.3, 0.4) is 0 Å². The first-order valence-electron chi connectivity index (χ1n) is 18.7. The summed E-state index contributed by atoms with van der Waals surface area (Å²) < 4.78 is 9.65. The Labute approximate surface area is 322 Å². The molecule has 0 bridgehead atoms. The standard InChI is InChI=1S/C52H33NOS/c1-3-13-35(14-4-1)39-30-31-47(42-18-8-7-17-41(39)42)53(38-28-25-34(26-29-38)37-27-32-50-46(33-37)43-19-9-10-24-49(43)55-50)48-23-12-22-45-44-21-11-20-40(51(44)54-52(45)48)36-15-5-2-6-16-36/h1-33H.